The molecule has 0 aromatic heterocycles. The molecule has 5 nitrogen and oxygen atoms in total. The van der Waals surface area contributed by atoms with E-state index in [2.05, 4.69) is 15.4 Å². The number of ether oxygens (including phenoxy) is 1. The van der Waals surface area contributed by atoms with Gasteiger partial charge in [-0.25, -0.2) is 0 Å². The molecule has 0 radical (unpaired) electrons. The topological polar surface area (TPSA) is 57.1 Å². The molecular weight excluding hydrogens is 314 g/mol. The van der Waals surface area contributed by atoms with E-state index in [0.29, 0.717) is 18.2 Å². The number of fused-ring (bicyclic) bond motifs is 3. The van der Waals surface area contributed by atoms with Gasteiger partial charge in [-0.1, -0.05) is 54.6 Å². The molecule has 0 fully saturated rings. The minimum absolute atomic E-state index is 0.0799. The van der Waals surface area contributed by atoms with Crippen LogP contribution in [0.5, 0.6) is 5.75 Å². The van der Waals surface area contributed by atoms with Crippen molar-refractivity contribution in [1.29, 1.82) is 0 Å². The highest BCUT2D eigenvalue weighted by Gasteiger charge is 2.36. The third kappa shape index (κ3) is 2.24. The second-order valence-electron chi connectivity index (χ2n) is 6.29. The van der Waals surface area contributed by atoms with E-state index in [9.17, 15) is 5.11 Å². The molecule has 124 valence electrons. The number of para-hydroxylation sites is 1. The fourth-order valence-electron chi connectivity index (χ4n) is 3.47. The lowest BCUT2D eigenvalue weighted by Crippen LogP contribution is -2.52. The van der Waals surface area contributed by atoms with Crippen molar-refractivity contribution in [1.82, 2.24) is 10.3 Å². The lowest BCUT2D eigenvalue weighted by Gasteiger charge is -2.41. The SMILES string of the molecule is OC1C2=C(Oc3ccccc31)N1CC(c3ccccc3)=NNC1C=C2. The summed E-state index contributed by atoms with van der Waals surface area (Å²) >= 11 is 0. The van der Waals surface area contributed by atoms with Gasteiger partial charge in [0.05, 0.1) is 12.3 Å². The lowest BCUT2D eigenvalue weighted by atomic mass is 9.95. The molecule has 25 heavy (non-hydrogen) atoms. The minimum atomic E-state index is -0.684. The maximum atomic E-state index is 10.8. The average molecular weight is 331 g/mol. The van der Waals surface area contributed by atoms with Crippen LogP contribution in [0, 0.1) is 0 Å². The van der Waals surface area contributed by atoms with E-state index in [1.165, 1.54) is 0 Å². The second kappa shape index (κ2) is 5.50. The Bertz CT molecular complexity index is 918. The van der Waals surface area contributed by atoms with Crippen LogP contribution in [0.4, 0.5) is 0 Å². The fourth-order valence-corrected chi connectivity index (χ4v) is 3.47. The van der Waals surface area contributed by atoms with Crippen LogP contribution in [-0.2, 0) is 0 Å². The minimum Gasteiger partial charge on any atom is -0.440 e. The van der Waals surface area contributed by atoms with Gasteiger partial charge in [-0.05, 0) is 17.7 Å². The van der Waals surface area contributed by atoms with Gasteiger partial charge in [0.1, 0.15) is 18.0 Å². The summed E-state index contributed by atoms with van der Waals surface area (Å²) in [5, 5.41) is 15.3. The van der Waals surface area contributed by atoms with Gasteiger partial charge in [0.25, 0.3) is 0 Å². The molecule has 0 spiro atoms. The predicted molar refractivity (Wildman–Crippen MR) is 94.8 cm³/mol. The van der Waals surface area contributed by atoms with Crippen LogP contribution in [-0.4, -0.2) is 28.4 Å². The third-order valence-corrected chi connectivity index (χ3v) is 4.78. The van der Waals surface area contributed by atoms with Gasteiger partial charge in [0.2, 0.25) is 5.88 Å². The third-order valence-electron chi connectivity index (χ3n) is 4.78. The van der Waals surface area contributed by atoms with Gasteiger partial charge in [-0.3, -0.25) is 5.43 Å². The number of hydrazone groups is 1. The molecule has 2 N–H and O–H groups in total. The van der Waals surface area contributed by atoms with Gasteiger partial charge in [0, 0.05) is 11.1 Å². The number of nitrogens with one attached hydrogen (secondary N) is 1. The molecule has 2 aromatic rings. The Kier molecular flexibility index (Phi) is 3.15. The van der Waals surface area contributed by atoms with E-state index in [1.807, 2.05) is 66.7 Å². The van der Waals surface area contributed by atoms with Crippen molar-refractivity contribution in [2.24, 2.45) is 5.10 Å². The molecule has 5 heteroatoms. The maximum absolute atomic E-state index is 10.8. The summed E-state index contributed by atoms with van der Waals surface area (Å²) in [5.74, 6) is 1.39. The first-order chi connectivity index (χ1) is 12.3. The zero-order valence-corrected chi connectivity index (χ0v) is 13.5. The van der Waals surface area contributed by atoms with E-state index in [0.717, 1.165) is 22.4 Å². The van der Waals surface area contributed by atoms with Crippen molar-refractivity contribution in [2.45, 2.75) is 12.3 Å². The van der Waals surface area contributed by atoms with Crippen LogP contribution in [0.3, 0.4) is 0 Å². The Morgan fingerprint density at radius 1 is 1.08 bits per heavy atom. The molecule has 0 saturated carbocycles. The summed E-state index contributed by atoms with van der Waals surface area (Å²) in [4.78, 5) is 2.10. The van der Waals surface area contributed by atoms with Crippen molar-refractivity contribution in [3.63, 3.8) is 0 Å². The molecule has 2 aromatic carbocycles. The highest BCUT2D eigenvalue weighted by atomic mass is 16.5. The smallest absolute Gasteiger partial charge is 0.204 e. The largest absolute Gasteiger partial charge is 0.440 e. The van der Waals surface area contributed by atoms with Gasteiger partial charge < -0.3 is 14.7 Å². The van der Waals surface area contributed by atoms with Crippen LogP contribution in [0.25, 0.3) is 0 Å². The molecule has 3 heterocycles. The Morgan fingerprint density at radius 3 is 2.76 bits per heavy atom. The highest BCUT2D eigenvalue weighted by molar-refractivity contribution is 6.02. The van der Waals surface area contributed by atoms with E-state index in [-0.39, 0.29) is 6.17 Å². The van der Waals surface area contributed by atoms with Gasteiger partial charge in [0.15, 0.2) is 0 Å². The lowest BCUT2D eigenvalue weighted by molar-refractivity contribution is 0.129. The normalized spacial score (nSPS) is 23.7. The molecule has 0 amide bonds. The van der Waals surface area contributed by atoms with Crippen molar-refractivity contribution in [3.05, 3.63) is 89.3 Å². The standard InChI is InChI=1S/C20H17N3O2/c24-19-14-8-4-5-9-17(14)25-20-15(19)10-11-18-22-21-16(12-23(18)20)13-6-2-1-3-7-13/h1-11,18-19,22,24H,12H2. The van der Waals surface area contributed by atoms with E-state index < -0.39 is 6.10 Å². The Labute approximate surface area is 145 Å². The summed E-state index contributed by atoms with van der Waals surface area (Å²) in [5.41, 5.74) is 6.77. The molecule has 5 rings (SSSR count). The molecule has 0 bridgehead atoms. The first kappa shape index (κ1) is 14.3. The number of nitrogens with zero attached hydrogens (tertiary/aromatic N) is 2. The van der Waals surface area contributed by atoms with Gasteiger partial charge >= 0.3 is 0 Å². The summed E-state index contributed by atoms with van der Waals surface area (Å²) in [6.45, 7) is 0.611. The molecule has 2 atom stereocenters. The molecule has 0 aliphatic carbocycles. The summed E-state index contributed by atoms with van der Waals surface area (Å²) in [6.07, 6.45) is 3.16. The number of aliphatic hydroxyl groups is 1. The molecular formula is C20H17N3O2. The van der Waals surface area contributed by atoms with Crippen LogP contribution in [0.2, 0.25) is 0 Å². The van der Waals surface area contributed by atoms with E-state index >= 15 is 0 Å². The van der Waals surface area contributed by atoms with Gasteiger partial charge in [-0.15, -0.1) is 0 Å². The monoisotopic (exact) mass is 331 g/mol. The first-order valence-corrected chi connectivity index (χ1v) is 8.32. The molecule has 2 unspecified atom stereocenters. The van der Waals surface area contributed by atoms with Crippen molar-refractivity contribution < 1.29 is 9.84 Å². The average Bonchev–Trinajstić information content (AvgIpc) is 2.68. The van der Waals surface area contributed by atoms with Gasteiger partial charge in [-0.2, -0.15) is 5.10 Å². The van der Waals surface area contributed by atoms with Crippen LogP contribution in [0.1, 0.15) is 17.2 Å². The summed E-state index contributed by atoms with van der Waals surface area (Å²) < 4.78 is 6.16. The maximum Gasteiger partial charge on any atom is 0.204 e. The Morgan fingerprint density at radius 2 is 1.88 bits per heavy atom. The number of rotatable bonds is 1. The molecule has 3 aliphatic heterocycles. The van der Waals surface area contributed by atoms with Crippen molar-refractivity contribution in [3.8, 4) is 5.75 Å². The number of benzene rings is 2. The highest BCUT2D eigenvalue weighted by Crippen LogP contribution is 2.41. The summed E-state index contributed by atoms with van der Waals surface area (Å²) in [7, 11) is 0. The van der Waals surface area contributed by atoms with E-state index in [4.69, 9.17) is 4.74 Å². The van der Waals surface area contributed by atoms with E-state index in [1.54, 1.807) is 0 Å². The van der Waals surface area contributed by atoms with Crippen molar-refractivity contribution in [2.75, 3.05) is 6.54 Å². The zero-order chi connectivity index (χ0) is 16.8. The number of hydrogen-bond donors (Lipinski definition) is 2. The predicted octanol–water partition coefficient (Wildman–Crippen LogP) is 2.53. The summed E-state index contributed by atoms with van der Waals surface area (Å²) in [6, 6.07) is 17.7. The van der Waals surface area contributed by atoms with Crippen molar-refractivity contribution >= 4 is 5.71 Å². The molecule has 3 aliphatic rings. The number of hydrogen-bond acceptors (Lipinski definition) is 5. The quantitative estimate of drug-likeness (QED) is 0.843. The first-order valence-electron chi connectivity index (χ1n) is 8.32. The zero-order valence-electron chi connectivity index (χ0n) is 13.5. The Balaban J connectivity index is 1.53. The second-order valence-corrected chi connectivity index (χ2v) is 6.29. The van der Waals surface area contributed by atoms with Crippen LogP contribution >= 0.6 is 0 Å². The Hall–Kier alpha value is -3.05. The van der Waals surface area contributed by atoms with Crippen LogP contribution < -0.4 is 10.2 Å². The number of aliphatic hydroxyl groups excluding tert-OH is 1. The van der Waals surface area contributed by atoms with Crippen LogP contribution in [0.15, 0.2) is 83.3 Å². The molecule has 0 saturated heterocycles. The fraction of sp³-hybridized carbons (Fsp3) is 0.150.